The van der Waals surface area contributed by atoms with Crippen LogP contribution in [-0.2, 0) is 9.53 Å². The van der Waals surface area contributed by atoms with Crippen molar-refractivity contribution in [3.63, 3.8) is 0 Å². The number of esters is 1. The van der Waals surface area contributed by atoms with E-state index in [1.165, 1.54) is 0 Å². The quantitative estimate of drug-likeness (QED) is 0.522. The Morgan fingerprint density at radius 3 is 2.75 bits per heavy atom. The van der Waals surface area contributed by atoms with E-state index in [1.54, 1.807) is 6.92 Å². The van der Waals surface area contributed by atoms with Gasteiger partial charge in [0, 0.05) is 6.61 Å². The molecule has 0 heterocycles. The van der Waals surface area contributed by atoms with Crippen LogP contribution in [0.3, 0.4) is 0 Å². The van der Waals surface area contributed by atoms with Gasteiger partial charge in [0.15, 0.2) is 0 Å². The number of aliphatic hydroxyl groups is 1. The number of ether oxygens (including phenoxy) is 1. The van der Waals surface area contributed by atoms with Crippen molar-refractivity contribution in [3.8, 4) is 0 Å². The summed E-state index contributed by atoms with van der Waals surface area (Å²) in [6, 6.07) is 0. The SMILES string of the molecule is C=[P+](C)COC(=O)C(C)CCO. The van der Waals surface area contributed by atoms with Crippen LogP contribution in [0.1, 0.15) is 13.3 Å². The third kappa shape index (κ3) is 5.28. The highest BCUT2D eigenvalue weighted by molar-refractivity contribution is 7.54. The van der Waals surface area contributed by atoms with Gasteiger partial charge in [-0.3, -0.25) is 4.79 Å². The molecule has 0 aliphatic rings. The van der Waals surface area contributed by atoms with E-state index >= 15 is 0 Å². The third-order valence-electron chi connectivity index (χ3n) is 1.39. The Labute approximate surface area is 74.1 Å². The molecule has 0 aliphatic carbocycles. The molecule has 0 bridgehead atoms. The highest BCUT2D eigenvalue weighted by Crippen LogP contribution is 2.14. The normalized spacial score (nSPS) is 13.8. The maximum atomic E-state index is 11.1. The summed E-state index contributed by atoms with van der Waals surface area (Å²) < 4.78 is 4.93. The van der Waals surface area contributed by atoms with Gasteiger partial charge in [-0.1, -0.05) is 6.92 Å². The summed E-state index contributed by atoms with van der Waals surface area (Å²) in [5, 5.41) is 8.55. The van der Waals surface area contributed by atoms with Crippen molar-refractivity contribution in [2.45, 2.75) is 13.3 Å². The zero-order valence-corrected chi connectivity index (χ0v) is 8.51. The molecular formula is C8H16O3P+. The number of carbonyl (C=O) groups excluding carboxylic acids is 1. The smallest absolute Gasteiger partial charge is 0.312 e. The van der Waals surface area contributed by atoms with Gasteiger partial charge in [-0.25, -0.2) is 0 Å². The van der Waals surface area contributed by atoms with E-state index in [2.05, 4.69) is 6.30 Å². The maximum Gasteiger partial charge on any atom is 0.312 e. The second kappa shape index (κ2) is 6.15. The zero-order chi connectivity index (χ0) is 9.56. The van der Waals surface area contributed by atoms with Gasteiger partial charge in [0.2, 0.25) is 6.35 Å². The molecule has 0 spiro atoms. The fraction of sp³-hybridized carbons (Fsp3) is 0.750. The van der Waals surface area contributed by atoms with E-state index in [-0.39, 0.29) is 18.5 Å². The second-order valence-corrected chi connectivity index (χ2v) is 4.83. The molecule has 0 radical (unpaired) electrons. The first-order chi connectivity index (χ1) is 5.57. The Hall–Kier alpha value is -0.400. The summed E-state index contributed by atoms with van der Waals surface area (Å²) in [5.41, 5.74) is 0. The van der Waals surface area contributed by atoms with Crippen LogP contribution in [0.2, 0.25) is 0 Å². The van der Waals surface area contributed by atoms with Crippen LogP contribution >= 0.6 is 7.55 Å². The largest absolute Gasteiger partial charge is 0.423 e. The number of carbonyl (C=O) groups is 1. The predicted molar refractivity (Wildman–Crippen MR) is 51.8 cm³/mol. The molecule has 0 aromatic heterocycles. The fourth-order valence-corrected chi connectivity index (χ4v) is 0.975. The highest BCUT2D eigenvalue weighted by atomic mass is 31.1. The summed E-state index contributed by atoms with van der Waals surface area (Å²) in [6.45, 7) is 3.72. The first kappa shape index (κ1) is 11.6. The Morgan fingerprint density at radius 1 is 1.75 bits per heavy atom. The minimum Gasteiger partial charge on any atom is -0.423 e. The summed E-state index contributed by atoms with van der Waals surface area (Å²) in [6.07, 6.45) is 4.64. The lowest BCUT2D eigenvalue weighted by atomic mass is 10.1. The van der Waals surface area contributed by atoms with Crippen LogP contribution in [-0.4, -0.2) is 37.0 Å². The summed E-state index contributed by atoms with van der Waals surface area (Å²) in [4.78, 5) is 11.1. The van der Waals surface area contributed by atoms with Crippen LogP contribution in [0.25, 0.3) is 0 Å². The van der Waals surface area contributed by atoms with Crippen LogP contribution < -0.4 is 0 Å². The van der Waals surface area contributed by atoms with Crippen molar-refractivity contribution >= 4 is 19.8 Å². The van der Waals surface area contributed by atoms with Gasteiger partial charge < -0.3 is 9.84 Å². The summed E-state index contributed by atoms with van der Waals surface area (Å²) in [5.74, 6) is -0.438. The first-order valence-corrected chi connectivity index (χ1v) is 6.03. The second-order valence-electron chi connectivity index (χ2n) is 2.86. The topological polar surface area (TPSA) is 46.5 Å². The van der Waals surface area contributed by atoms with Crippen molar-refractivity contribution in [1.29, 1.82) is 0 Å². The molecule has 3 nitrogen and oxygen atoms in total. The number of aliphatic hydroxyl groups excluding tert-OH is 1. The molecule has 0 rings (SSSR count). The van der Waals surface area contributed by atoms with E-state index in [4.69, 9.17) is 9.84 Å². The highest BCUT2D eigenvalue weighted by Gasteiger charge is 2.14. The summed E-state index contributed by atoms with van der Waals surface area (Å²) >= 11 is 0. The van der Waals surface area contributed by atoms with Crippen molar-refractivity contribution in [3.05, 3.63) is 0 Å². The van der Waals surface area contributed by atoms with Gasteiger partial charge in [-0.15, -0.1) is 0 Å². The van der Waals surface area contributed by atoms with E-state index in [9.17, 15) is 4.79 Å². The molecule has 2 unspecified atom stereocenters. The van der Waals surface area contributed by atoms with Crippen LogP contribution in [0, 0.1) is 5.92 Å². The average Bonchev–Trinajstić information content (AvgIpc) is 2.00. The van der Waals surface area contributed by atoms with Crippen molar-refractivity contribution in [1.82, 2.24) is 0 Å². The Kier molecular flexibility index (Phi) is 5.95. The van der Waals surface area contributed by atoms with Gasteiger partial charge in [0.05, 0.1) is 18.9 Å². The Morgan fingerprint density at radius 2 is 2.33 bits per heavy atom. The molecule has 2 atom stereocenters. The first-order valence-electron chi connectivity index (χ1n) is 3.87. The third-order valence-corrected chi connectivity index (χ3v) is 1.96. The number of hydrogen-bond donors (Lipinski definition) is 1. The molecule has 12 heavy (non-hydrogen) atoms. The van der Waals surface area contributed by atoms with Gasteiger partial charge in [0.25, 0.3) is 0 Å². The molecule has 0 fully saturated rings. The molecule has 0 aromatic carbocycles. The predicted octanol–water partition coefficient (Wildman–Crippen LogP) is 1.05. The lowest BCUT2D eigenvalue weighted by molar-refractivity contribution is -0.146. The molecule has 1 N–H and O–H groups in total. The van der Waals surface area contributed by atoms with Gasteiger partial charge in [0.1, 0.15) is 7.55 Å². The van der Waals surface area contributed by atoms with Gasteiger partial charge in [-0.05, 0) is 6.42 Å². The van der Waals surface area contributed by atoms with Gasteiger partial charge in [-0.2, -0.15) is 0 Å². The zero-order valence-electron chi connectivity index (χ0n) is 7.62. The van der Waals surface area contributed by atoms with Crippen molar-refractivity contribution in [2.75, 3.05) is 19.6 Å². The van der Waals surface area contributed by atoms with E-state index in [1.807, 2.05) is 6.66 Å². The molecule has 0 aromatic rings. The molecule has 4 heteroatoms. The monoisotopic (exact) mass is 191 g/mol. The van der Waals surface area contributed by atoms with Crippen molar-refractivity contribution < 1.29 is 14.6 Å². The van der Waals surface area contributed by atoms with Crippen LogP contribution in [0.4, 0.5) is 0 Å². The number of hydrogen-bond acceptors (Lipinski definition) is 3. The van der Waals surface area contributed by atoms with E-state index < -0.39 is 7.55 Å². The molecule has 0 saturated carbocycles. The lowest BCUT2D eigenvalue weighted by Crippen LogP contribution is -2.15. The van der Waals surface area contributed by atoms with Gasteiger partial charge >= 0.3 is 5.97 Å². The standard InChI is InChI=1S/C8H16O3P/c1-7(4-5-9)8(10)11-6-12(2)3/h7,9H,2,4-6H2,1,3H3/q+1. The molecule has 70 valence electrons. The average molecular weight is 191 g/mol. The minimum atomic E-state index is -0.423. The number of rotatable bonds is 5. The maximum absolute atomic E-state index is 11.1. The van der Waals surface area contributed by atoms with E-state index in [0.29, 0.717) is 12.8 Å². The molecular weight excluding hydrogens is 175 g/mol. The van der Waals surface area contributed by atoms with Crippen LogP contribution in [0.15, 0.2) is 0 Å². The molecule has 0 aliphatic heterocycles. The minimum absolute atomic E-state index is 0.0293. The van der Waals surface area contributed by atoms with Crippen LogP contribution in [0.5, 0.6) is 0 Å². The lowest BCUT2D eigenvalue weighted by Gasteiger charge is -2.06. The Bertz CT molecular complexity index is 168. The molecule has 0 saturated heterocycles. The van der Waals surface area contributed by atoms with E-state index in [0.717, 1.165) is 0 Å². The fourth-order valence-electron chi connectivity index (χ4n) is 0.628. The Balaban J connectivity index is 3.64. The van der Waals surface area contributed by atoms with Crippen molar-refractivity contribution in [2.24, 2.45) is 5.92 Å². The molecule has 0 amide bonds. The summed E-state index contributed by atoms with van der Waals surface area (Å²) in [7, 11) is -0.423.